The van der Waals surface area contributed by atoms with Gasteiger partial charge in [-0.15, -0.1) is 0 Å². The predicted octanol–water partition coefficient (Wildman–Crippen LogP) is 4.26. The highest BCUT2D eigenvalue weighted by Gasteiger charge is 2.20. The third-order valence-corrected chi connectivity index (χ3v) is 6.10. The molecule has 154 valence electrons. The van der Waals surface area contributed by atoms with Crippen LogP contribution in [0.1, 0.15) is 31.1 Å². The molecule has 1 saturated heterocycles. The van der Waals surface area contributed by atoms with E-state index in [1.54, 1.807) is 11.3 Å². The van der Waals surface area contributed by atoms with E-state index in [9.17, 15) is 0 Å². The number of para-hydroxylation sites is 1. The Kier molecular flexibility index (Phi) is 6.85. The van der Waals surface area contributed by atoms with Gasteiger partial charge < -0.3 is 15.1 Å². The fourth-order valence-electron chi connectivity index (χ4n) is 3.83. The minimum Gasteiger partial charge on any atom is -0.461 e. The summed E-state index contributed by atoms with van der Waals surface area (Å²) in [7, 11) is 0. The van der Waals surface area contributed by atoms with E-state index in [2.05, 4.69) is 51.4 Å². The zero-order chi connectivity index (χ0) is 19.9. The van der Waals surface area contributed by atoms with Gasteiger partial charge in [-0.05, 0) is 54.3 Å². The maximum atomic E-state index is 5.90. The van der Waals surface area contributed by atoms with Crippen molar-refractivity contribution in [1.29, 1.82) is 0 Å². The van der Waals surface area contributed by atoms with E-state index in [-0.39, 0.29) is 0 Å². The number of likely N-dealkylation sites (tertiary alicyclic amines) is 1. The molecule has 0 unspecified atom stereocenters. The van der Waals surface area contributed by atoms with Crippen molar-refractivity contribution in [2.45, 2.75) is 38.8 Å². The number of aliphatic imine (C=N–C) groups is 1. The van der Waals surface area contributed by atoms with Crippen LogP contribution in [0.25, 0.3) is 11.0 Å². The number of nitrogens with zero attached hydrogens (tertiary/aromatic N) is 2. The summed E-state index contributed by atoms with van der Waals surface area (Å²) in [5, 5.41) is 12.6. The van der Waals surface area contributed by atoms with Crippen LogP contribution >= 0.6 is 11.3 Å². The quantitative estimate of drug-likeness (QED) is 0.451. The lowest BCUT2D eigenvalue weighted by atomic mass is 10.0. The van der Waals surface area contributed by atoms with Crippen LogP contribution in [0.15, 0.2) is 56.6 Å². The maximum Gasteiger partial charge on any atom is 0.191 e. The SMILES string of the molecule is CCNC(=NCCc1cc2ccccc2o1)NC1CCN(Cc2ccsc2)CC1. The van der Waals surface area contributed by atoms with E-state index in [4.69, 9.17) is 9.41 Å². The van der Waals surface area contributed by atoms with Crippen molar-refractivity contribution in [3.63, 3.8) is 0 Å². The molecule has 0 atom stereocenters. The Morgan fingerprint density at radius 2 is 2.10 bits per heavy atom. The highest BCUT2D eigenvalue weighted by molar-refractivity contribution is 7.07. The molecule has 0 saturated carbocycles. The summed E-state index contributed by atoms with van der Waals surface area (Å²) in [5.41, 5.74) is 2.38. The maximum absolute atomic E-state index is 5.90. The average molecular weight is 411 g/mol. The monoisotopic (exact) mass is 410 g/mol. The van der Waals surface area contributed by atoms with Crippen LogP contribution in [0, 0.1) is 0 Å². The van der Waals surface area contributed by atoms with Crippen LogP contribution in [-0.2, 0) is 13.0 Å². The van der Waals surface area contributed by atoms with Gasteiger partial charge in [0.2, 0.25) is 0 Å². The van der Waals surface area contributed by atoms with Gasteiger partial charge in [0, 0.05) is 50.6 Å². The first kappa shape index (κ1) is 20.0. The number of furan rings is 1. The molecule has 1 aromatic carbocycles. The van der Waals surface area contributed by atoms with Crippen molar-refractivity contribution < 1.29 is 4.42 Å². The fraction of sp³-hybridized carbons (Fsp3) is 0.435. The Labute approximate surface area is 176 Å². The lowest BCUT2D eigenvalue weighted by molar-refractivity contribution is 0.198. The summed E-state index contributed by atoms with van der Waals surface area (Å²) in [6.07, 6.45) is 3.11. The minimum atomic E-state index is 0.484. The Hall–Kier alpha value is -2.31. The number of benzene rings is 1. The molecular weight excluding hydrogens is 380 g/mol. The smallest absolute Gasteiger partial charge is 0.191 e. The van der Waals surface area contributed by atoms with Gasteiger partial charge in [-0.2, -0.15) is 11.3 Å². The highest BCUT2D eigenvalue weighted by atomic mass is 32.1. The Balaban J connectivity index is 1.26. The summed E-state index contributed by atoms with van der Waals surface area (Å²) in [4.78, 5) is 7.32. The zero-order valence-corrected chi connectivity index (χ0v) is 17.9. The summed E-state index contributed by atoms with van der Waals surface area (Å²) < 4.78 is 5.90. The van der Waals surface area contributed by atoms with Crippen LogP contribution in [0.5, 0.6) is 0 Å². The molecule has 2 aromatic heterocycles. The third kappa shape index (κ3) is 5.61. The molecule has 0 bridgehead atoms. The number of rotatable bonds is 7. The Morgan fingerprint density at radius 1 is 1.24 bits per heavy atom. The van der Waals surface area contributed by atoms with Gasteiger partial charge in [0.25, 0.3) is 0 Å². The van der Waals surface area contributed by atoms with Crippen molar-refractivity contribution in [3.05, 3.63) is 58.5 Å². The molecule has 2 N–H and O–H groups in total. The predicted molar refractivity (Wildman–Crippen MR) is 122 cm³/mol. The fourth-order valence-corrected chi connectivity index (χ4v) is 4.49. The van der Waals surface area contributed by atoms with Gasteiger partial charge >= 0.3 is 0 Å². The van der Waals surface area contributed by atoms with E-state index < -0.39 is 0 Å². The first-order valence-corrected chi connectivity index (χ1v) is 11.5. The number of hydrogen-bond acceptors (Lipinski definition) is 4. The molecule has 0 spiro atoms. The second-order valence-corrected chi connectivity index (χ2v) is 8.37. The zero-order valence-electron chi connectivity index (χ0n) is 17.1. The molecule has 4 rings (SSSR count). The third-order valence-electron chi connectivity index (χ3n) is 5.36. The molecule has 1 aliphatic heterocycles. The van der Waals surface area contributed by atoms with Gasteiger partial charge in [0.15, 0.2) is 5.96 Å². The first-order chi connectivity index (χ1) is 14.3. The van der Waals surface area contributed by atoms with E-state index in [1.807, 2.05) is 18.2 Å². The summed E-state index contributed by atoms with van der Waals surface area (Å²) in [6.45, 7) is 7.03. The second kappa shape index (κ2) is 9.94. The molecule has 5 nitrogen and oxygen atoms in total. The largest absolute Gasteiger partial charge is 0.461 e. The number of fused-ring (bicyclic) bond motifs is 1. The van der Waals surface area contributed by atoms with Crippen molar-refractivity contribution >= 4 is 28.3 Å². The lowest BCUT2D eigenvalue weighted by Gasteiger charge is -2.33. The average Bonchev–Trinajstić information content (AvgIpc) is 3.39. The Bertz CT molecular complexity index is 877. The standard InChI is InChI=1S/C23H30N4OS/c1-2-24-23(25-11-7-21-15-19-5-3-4-6-22(19)28-21)26-20-8-12-27(13-9-20)16-18-10-14-29-17-18/h3-6,10,14-15,17,20H,2,7-9,11-13,16H2,1H3,(H2,24,25,26). The molecule has 6 heteroatoms. The number of thiophene rings is 1. The number of nitrogens with one attached hydrogen (secondary N) is 2. The molecule has 1 fully saturated rings. The number of hydrogen-bond donors (Lipinski definition) is 2. The second-order valence-electron chi connectivity index (χ2n) is 7.59. The van der Waals surface area contributed by atoms with Crippen LogP contribution < -0.4 is 10.6 Å². The first-order valence-electron chi connectivity index (χ1n) is 10.6. The number of piperidine rings is 1. The molecule has 0 radical (unpaired) electrons. The minimum absolute atomic E-state index is 0.484. The van der Waals surface area contributed by atoms with Gasteiger partial charge in [0.1, 0.15) is 11.3 Å². The molecule has 3 heterocycles. The summed E-state index contributed by atoms with van der Waals surface area (Å²) >= 11 is 1.78. The van der Waals surface area contributed by atoms with Crippen molar-refractivity contribution in [1.82, 2.24) is 15.5 Å². The van der Waals surface area contributed by atoms with Crippen LogP contribution in [0.3, 0.4) is 0 Å². The van der Waals surface area contributed by atoms with Crippen molar-refractivity contribution in [2.75, 3.05) is 26.2 Å². The van der Waals surface area contributed by atoms with E-state index in [0.29, 0.717) is 12.6 Å². The molecular formula is C23H30N4OS. The van der Waals surface area contributed by atoms with Crippen LogP contribution in [-0.4, -0.2) is 43.1 Å². The summed E-state index contributed by atoms with van der Waals surface area (Å²) in [5.74, 6) is 1.91. The van der Waals surface area contributed by atoms with E-state index >= 15 is 0 Å². The number of guanidine groups is 1. The molecule has 29 heavy (non-hydrogen) atoms. The Morgan fingerprint density at radius 3 is 2.86 bits per heavy atom. The van der Waals surface area contributed by atoms with Crippen molar-refractivity contribution in [3.8, 4) is 0 Å². The van der Waals surface area contributed by atoms with Crippen LogP contribution in [0.2, 0.25) is 0 Å². The topological polar surface area (TPSA) is 52.8 Å². The molecule has 1 aliphatic rings. The molecule has 0 aliphatic carbocycles. The lowest BCUT2D eigenvalue weighted by Crippen LogP contribution is -2.48. The van der Waals surface area contributed by atoms with Crippen molar-refractivity contribution in [2.24, 2.45) is 4.99 Å². The normalized spacial score (nSPS) is 16.4. The van der Waals surface area contributed by atoms with Crippen LogP contribution in [0.4, 0.5) is 0 Å². The van der Waals surface area contributed by atoms with Gasteiger partial charge in [-0.1, -0.05) is 18.2 Å². The molecule has 3 aromatic rings. The van der Waals surface area contributed by atoms with Gasteiger partial charge in [0.05, 0.1) is 0 Å². The highest BCUT2D eigenvalue weighted by Crippen LogP contribution is 2.19. The van der Waals surface area contributed by atoms with E-state index in [0.717, 1.165) is 68.1 Å². The van der Waals surface area contributed by atoms with E-state index in [1.165, 1.54) is 5.56 Å². The summed E-state index contributed by atoms with van der Waals surface area (Å²) in [6, 6.07) is 13.0. The molecule has 0 amide bonds. The van der Waals surface area contributed by atoms with Gasteiger partial charge in [-0.3, -0.25) is 9.89 Å². The van der Waals surface area contributed by atoms with Gasteiger partial charge in [-0.25, -0.2) is 0 Å².